The first-order valence-corrected chi connectivity index (χ1v) is 7.49. The molecule has 1 N–H and O–H groups in total. The van der Waals surface area contributed by atoms with Gasteiger partial charge in [0, 0.05) is 19.0 Å². The predicted octanol–water partition coefficient (Wildman–Crippen LogP) is 2.55. The predicted molar refractivity (Wildman–Crippen MR) is 77.5 cm³/mol. The van der Waals surface area contributed by atoms with Crippen molar-refractivity contribution in [1.29, 1.82) is 0 Å². The lowest BCUT2D eigenvalue weighted by Gasteiger charge is -2.01. The highest BCUT2D eigenvalue weighted by molar-refractivity contribution is 5.51. The van der Waals surface area contributed by atoms with Crippen molar-refractivity contribution in [3.63, 3.8) is 0 Å². The fourth-order valence-electron chi connectivity index (χ4n) is 2.36. The molecule has 0 saturated heterocycles. The van der Waals surface area contributed by atoms with Gasteiger partial charge in [0.1, 0.15) is 5.69 Å². The van der Waals surface area contributed by atoms with Crippen molar-refractivity contribution in [2.45, 2.75) is 52.1 Å². The Bertz CT molecular complexity index is 568. The molecule has 108 valence electrons. The lowest BCUT2D eigenvalue weighted by Crippen LogP contribution is -2.17. The van der Waals surface area contributed by atoms with E-state index in [2.05, 4.69) is 22.3 Å². The molecule has 1 aliphatic carbocycles. The molecule has 0 aliphatic heterocycles. The molecule has 5 nitrogen and oxygen atoms in total. The molecule has 2 aromatic heterocycles. The topological polar surface area (TPSA) is 55.9 Å². The van der Waals surface area contributed by atoms with Crippen LogP contribution in [0, 0.1) is 6.92 Å². The van der Waals surface area contributed by atoms with Crippen LogP contribution in [-0.2, 0) is 13.0 Å². The summed E-state index contributed by atoms with van der Waals surface area (Å²) in [5.41, 5.74) is 2.02. The fraction of sp³-hybridized carbons (Fsp3) is 0.600. The Hall–Kier alpha value is -1.62. The summed E-state index contributed by atoms with van der Waals surface area (Å²) in [5, 5.41) is 7.94. The average molecular weight is 274 g/mol. The van der Waals surface area contributed by atoms with Gasteiger partial charge in [0.25, 0.3) is 0 Å². The van der Waals surface area contributed by atoms with Gasteiger partial charge >= 0.3 is 0 Å². The Morgan fingerprint density at radius 3 is 3.05 bits per heavy atom. The highest BCUT2D eigenvalue weighted by atomic mass is 16.4. The number of oxazole rings is 1. The zero-order chi connectivity index (χ0) is 13.9. The van der Waals surface area contributed by atoms with E-state index in [9.17, 15) is 0 Å². The van der Waals surface area contributed by atoms with E-state index in [1.54, 1.807) is 0 Å². The number of hydrogen-bond acceptors (Lipinski definition) is 4. The van der Waals surface area contributed by atoms with Crippen LogP contribution in [-0.4, -0.2) is 27.4 Å². The minimum atomic E-state index is 0.775. The van der Waals surface area contributed by atoms with Crippen molar-refractivity contribution in [3.8, 4) is 11.5 Å². The van der Waals surface area contributed by atoms with Gasteiger partial charge in [-0.15, -0.1) is 0 Å². The molecule has 0 spiro atoms. The van der Waals surface area contributed by atoms with Gasteiger partial charge in [-0.2, -0.15) is 5.10 Å². The van der Waals surface area contributed by atoms with E-state index < -0.39 is 0 Å². The quantitative estimate of drug-likeness (QED) is 0.788. The van der Waals surface area contributed by atoms with Gasteiger partial charge in [-0.3, -0.25) is 4.68 Å². The third kappa shape index (κ3) is 3.10. The number of nitrogens with zero attached hydrogens (tertiary/aromatic N) is 3. The second-order valence-corrected chi connectivity index (χ2v) is 5.44. The Labute approximate surface area is 119 Å². The summed E-state index contributed by atoms with van der Waals surface area (Å²) in [5.74, 6) is 1.64. The number of aryl methyl sites for hydroxylation is 3. The number of hydrogen-bond donors (Lipinski definition) is 1. The second-order valence-electron chi connectivity index (χ2n) is 5.44. The molecule has 5 heteroatoms. The van der Waals surface area contributed by atoms with Crippen molar-refractivity contribution in [3.05, 3.63) is 23.8 Å². The van der Waals surface area contributed by atoms with Crippen molar-refractivity contribution in [2.24, 2.45) is 0 Å². The summed E-state index contributed by atoms with van der Waals surface area (Å²) >= 11 is 0. The van der Waals surface area contributed by atoms with E-state index in [4.69, 9.17) is 4.42 Å². The molecule has 1 aliphatic rings. The molecule has 2 aromatic rings. The molecule has 0 amide bonds. The van der Waals surface area contributed by atoms with Gasteiger partial charge in [-0.25, -0.2) is 4.98 Å². The first-order valence-electron chi connectivity index (χ1n) is 7.49. The molecule has 1 saturated carbocycles. The first-order chi connectivity index (χ1) is 9.76. The highest BCUT2D eigenvalue weighted by Crippen LogP contribution is 2.22. The largest absolute Gasteiger partial charge is 0.439 e. The van der Waals surface area contributed by atoms with Gasteiger partial charge in [0.2, 0.25) is 0 Å². The Morgan fingerprint density at radius 2 is 2.30 bits per heavy atom. The Kier molecular flexibility index (Phi) is 3.87. The molecule has 0 aromatic carbocycles. The fourth-order valence-corrected chi connectivity index (χ4v) is 2.36. The van der Waals surface area contributed by atoms with Crippen molar-refractivity contribution >= 4 is 0 Å². The van der Waals surface area contributed by atoms with E-state index in [0.29, 0.717) is 0 Å². The van der Waals surface area contributed by atoms with Crippen LogP contribution in [0.5, 0.6) is 0 Å². The molecule has 3 rings (SSSR count). The van der Waals surface area contributed by atoms with Crippen LogP contribution in [0.25, 0.3) is 11.5 Å². The van der Waals surface area contributed by atoms with Crippen LogP contribution in [0.4, 0.5) is 0 Å². The maximum atomic E-state index is 5.85. The number of rotatable bonds is 7. The summed E-state index contributed by atoms with van der Waals surface area (Å²) < 4.78 is 7.80. The van der Waals surface area contributed by atoms with Crippen LogP contribution < -0.4 is 5.32 Å². The van der Waals surface area contributed by atoms with E-state index in [1.807, 2.05) is 23.9 Å². The van der Waals surface area contributed by atoms with Gasteiger partial charge in [0.05, 0.1) is 11.9 Å². The Morgan fingerprint density at radius 1 is 1.45 bits per heavy atom. The minimum Gasteiger partial charge on any atom is -0.439 e. The van der Waals surface area contributed by atoms with Crippen LogP contribution in [0.2, 0.25) is 0 Å². The maximum Gasteiger partial charge on any atom is 0.195 e. The van der Waals surface area contributed by atoms with Crippen LogP contribution in [0.3, 0.4) is 0 Å². The molecule has 0 atom stereocenters. The average Bonchev–Trinajstić information content (AvgIpc) is 3.01. The molecule has 0 bridgehead atoms. The highest BCUT2D eigenvalue weighted by Gasteiger charge is 2.19. The summed E-state index contributed by atoms with van der Waals surface area (Å²) in [6.45, 7) is 5.96. The monoisotopic (exact) mass is 274 g/mol. The van der Waals surface area contributed by atoms with Crippen LogP contribution in [0.15, 0.2) is 16.7 Å². The number of nitrogens with one attached hydrogen (secondary N) is 1. The summed E-state index contributed by atoms with van der Waals surface area (Å²) in [6.07, 6.45) is 6.45. The summed E-state index contributed by atoms with van der Waals surface area (Å²) in [7, 11) is 0. The van der Waals surface area contributed by atoms with Gasteiger partial charge in [-0.05, 0) is 45.7 Å². The van der Waals surface area contributed by atoms with E-state index in [0.717, 1.165) is 55.0 Å². The normalized spacial score (nSPS) is 14.9. The molecule has 1 fully saturated rings. The zero-order valence-corrected chi connectivity index (χ0v) is 12.2. The lowest BCUT2D eigenvalue weighted by molar-refractivity contribution is 0.486. The van der Waals surface area contributed by atoms with Gasteiger partial charge < -0.3 is 9.73 Å². The molecular formula is C15H22N4O. The maximum absolute atomic E-state index is 5.85. The molecule has 2 heterocycles. The van der Waals surface area contributed by atoms with Gasteiger partial charge in [-0.1, -0.05) is 0 Å². The molecule has 0 radical (unpaired) electrons. The minimum absolute atomic E-state index is 0.775. The lowest BCUT2D eigenvalue weighted by atomic mass is 10.3. The van der Waals surface area contributed by atoms with Crippen LogP contribution in [0.1, 0.15) is 37.8 Å². The second kappa shape index (κ2) is 5.79. The summed E-state index contributed by atoms with van der Waals surface area (Å²) in [4.78, 5) is 4.37. The van der Waals surface area contributed by atoms with Crippen molar-refractivity contribution < 1.29 is 4.42 Å². The first kappa shape index (κ1) is 13.4. The summed E-state index contributed by atoms with van der Waals surface area (Å²) in [6, 6.07) is 2.82. The third-order valence-electron chi connectivity index (χ3n) is 3.59. The Balaban J connectivity index is 1.60. The third-order valence-corrected chi connectivity index (χ3v) is 3.59. The standard InChI is InChI=1S/C15H22N4O/c1-3-19-13(9-11(2)18-19)14-10-17-15(20-14)5-4-8-16-12-6-7-12/h9-10,12,16H,3-8H2,1-2H3. The SMILES string of the molecule is CCn1nc(C)cc1-c1cnc(CCCNC2CC2)o1. The molecule has 0 unspecified atom stereocenters. The smallest absolute Gasteiger partial charge is 0.195 e. The van der Waals surface area contributed by atoms with E-state index in [-0.39, 0.29) is 0 Å². The zero-order valence-electron chi connectivity index (χ0n) is 12.2. The van der Waals surface area contributed by atoms with Gasteiger partial charge in [0.15, 0.2) is 11.7 Å². The van der Waals surface area contributed by atoms with E-state index >= 15 is 0 Å². The van der Waals surface area contributed by atoms with Crippen molar-refractivity contribution in [1.82, 2.24) is 20.1 Å². The van der Waals surface area contributed by atoms with E-state index in [1.165, 1.54) is 12.8 Å². The molecular weight excluding hydrogens is 252 g/mol. The van der Waals surface area contributed by atoms with Crippen molar-refractivity contribution in [2.75, 3.05) is 6.54 Å². The molecule has 20 heavy (non-hydrogen) atoms. The number of aromatic nitrogens is 3. The van der Waals surface area contributed by atoms with Crippen LogP contribution >= 0.6 is 0 Å².